The Hall–Kier alpha value is -10.9. The van der Waals surface area contributed by atoms with Crippen molar-refractivity contribution in [1.29, 1.82) is 0 Å². The van der Waals surface area contributed by atoms with Gasteiger partial charge in [-0.15, -0.1) is 5.10 Å². The zero-order chi connectivity index (χ0) is 83.0. The number of methoxy groups -OCH3 is 1. The van der Waals surface area contributed by atoms with Crippen LogP contribution in [0.3, 0.4) is 0 Å². The number of hydrogen-bond acceptors (Lipinski definition) is 19. The van der Waals surface area contributed by atoms with Crippen LogP contribution in [0, 0.1) is 25.1 Å². The van der Waals surface area contributed by atoms with E-state index in [2.05, 4.69) is 52.8 Å². The molecule has 117 heavy (non-hydrogen) atoms. The zero-order valence-electron chi connectivity index (χ0n) is 67.8. The number of aromatic nitrogens is 4. The molecule has 6 aliphatic rings. The minimum Gasteiger partial charge on any atom is -0.497 e. The molecule has 0 saturated carbocycles. The number of hydrogen-bond donors (Lipinski definition) is 9. The van der Waals surface area contributed by atoms with Crippen LogP contribution in [0.5, 0.6) is 5.75 Å². The van der Waals surface area contributed by atoms with E-state index in [1.807, 2.05) is 33.3 Å². The second-order valence-corrected chi connectivity index (χ2v) is 31.9. The molecular formula is C84H110FN15O17. The Bertz CT molecular complexity index is 4570. The van der Waals surface area contributed by atoms with Crippen LogP contribution in [-0.2, 0) is 117 Å². The normalized spacial score (nSPS) is 24.5. The minimum atomic E-state index is -1.61. The second kappa shape index (κ2) is 40.3. The van der Waals surface area contributed by atoms with Crippen molar-refractivity contribution < 1.29 is 90.5 Å². The van der Waals surface area contributed by atoms with Crippen LogP contribution in [0.1, 0.15) is 117 Å². The predicted molar refractivity (Wildman–Crippen MR) is 426 cm³/mol. The monoisotopic (exact) mass is 1620 g/mol. The third kappa shape index (κ3) is 23.7. The first-order valence-corrected chi connectivity index (χ1v) is 39.7. The highest BCUT2D eigenvalue weighted by Gasteiger charge is 2.50. The number of likely N-dealkylation sites (N-methyl/N-ethyl adjacent to an activating group) is 1. The molecule has 0 unspecified atom stereocenters. The van der Waals surface area contributed by atoms with Gasteiger partial charge in [-0.05, 0) is 123 Å². The molecule has 2 saturated heterocycles. The van der Waals surface area contributed by atoms with Gasteiger partial charge in [0.2, 0.25) is 59.1 Å². The number of carbonyl (C=O) groups excluding carboxylic acids is 12. The maximum absolute atomic E-state index is 16.3. The van der Waals surface area contributed by atoms with Crippen LogP contribution in [0.15, 0.2) is 103 Å². The summed E-state index contributed by atoms with van der Waals surface area (Å²) in [7, 11) is 7.61. The molecule has 0 spiro atoms. The summed E-state index contributed by atoms with van der Waals surface area (Å²) in [5, 5.41) is 43.5. The number of Topliss-reactive ketones (excluding diaryl/α,β-unsaturated/α-hetero) is 2. The number of ether oxygens (including phenoxy) is 4. The largest absolute Gasteiger partial charge is 0.497 e. The van der Waals surface area contributed by atoms with E-state index in [1.165, 1.54) is 47.6 Å². The fourth-order valence-electron chi connectivity index (χ4n) is 15.5. The molecule has 4 aromatic carbocycles. The van der Waals surface area contributed by atoms with E-state index in [0.717, 1.165) is 12.1 Å². The number of rotatable bonds is 15. The smallest absolute Gasteiger partial charge is 0.246 e. The lowest BCUT2D eigenvalue weighted by molar-refractivity contribution is -0.870. The lowest BCUT2D eigenvalue weighted by Crippen LogP contribution is -2.60. The van der Waals surface area contributed by atoms with Gasteiger partial charge in [0.05, 0.1) is 104 Å². The quantitative estimate of drug-likeness (QED) is 0.0403. The number of nitrogens with zero attached hydrogens (tertiary/aromatic N) is 7. The van der Waals surface area contributed by atoms with Gasteiger partial charge < -0.3 is 92.9 Å². The van der Waals surface area contributed by atoms with Crippen LogP contribution in [-0.4, -0.2) is 252 Å². The number of benzene rings is 4. The van der Waals surface area contributed by atoms with Crippen LogP contribution in [0.4, 0.5) is 4.39 Å². The number of amides is 10. The Kier molecular flexibility index (Phi) is 30.5. The van der Waals surface area contributed by atoms with Gasteiger partial charge in [-0.3, -0.25) is 57.5 Å². The first kappa shape index (κ1) is 88.5. The highest BCUT2D eigenvalue weighted by Crippen LogP contribution is 2.35. The molecule has 11 atom stereocenters. The van der Waals surface area contributed by atoms with E-state index in [-0.39, 0.29) is 105 Å². The van der Waals surface area contributed by atoms with Crippen molar-refractivity contribution >= 4 is 81.5 Å². The van der Waals surface area contributed by atoms with Gasteiger partial charge in [-0.2, -0.15) is 0 Å². The standard InChI is InChI=1S/C83H106FN15O17.CH3/c1-50-77(107)91-64-38-54-10-8-11-55(36-54)43-86-75(106)49-116-71-25-30-97-76(71)70(102)42-62(51(2)100)78(108)92-65(37-53-14-19-61(113-7)20-15-53)81(111)98-29-9-27-83(98,3)82(112)85-28-24-52-12-16-56(17-13-52)67(48-96-47-60(93-94-96)46-95-45-58(39-57(80(97)110)40-69(64)101)63-41-59(84)18-21-68(63)95)90-74(105)23-22-73(104)89-66(79(109)88-50)44-87-72(103)26-32-114-34-35-115-33-31-99(4,5)6;/h8,10-21,36,41,45,47,50-51,57,62,64-67,71,76,100H,9,22-35,37-40,42-44,46,48-49H2,1-7H3,(H7-,85,86,87,88,89,90,91,92,103,104,105,106,107,108,109,112);1H3/q;-1/p+1/t50-,51-,57-,62+,64+,65+,66+,67-,71+,76-,83+;/m1./s1. The van der Waals surface area contributed by atoms with Gasteiger partial charge in [0.25, 0.3) is 0 Å². The molecule has 2 fully saturated rings. The van der Waals surface area contributed by atoms with Gasteiger partial charge in [0, 0.05) is 94.3 Å². The molecule has 0 radical (unpaired) electrons. The van der Waals surface area contributed by atoms with Crippen molar-refractivity contribution in [1.82, 2.24) is 71.9 Å². The zero-order valence-corrected chi connectivity index (χ0v) is 67.8. The first-order chi connectivity index (χ1) is 55.5. The molecule has 2 aromatic heterocycles. The van der Waals surface area contributed by atoms with Crippen molar-refractivity contribution in [2.75, 3.05) is 94.0 Å². The molecular weight excluding hydrogens is 1510 g/mol. The molecule has 8 heterocycles. The Morgan fingerprint density at radius 3 is 2.21 bits per heavy atom. The van der Waals surface area contributed by atoms with Crippen molar-refractivity contribution in [3.8, 4) is 5.75 Å². The van der Waals surface area contributed by atoms with Crippen LogP contribution in [0.2, 0.25) is 0 Å². The van der Waals surface area contributed by atoms with E-state index in [9.17, 15) is 38.7 Å². The van der Waals surface area contributed by atoms with Crippen molar-refractivity contribution in [3.63, 3.8) is 0 Å². The summed E-state index contributed by atoms with van der Waals surface area (Å²) in [5.74, 6) is -11.9. The number of carbonyl (C=O) groups is 12. The van der Waals surface area contributed by atoms with E-state index in [0.29, 0.717) is 74.1 Å². The highest BCUT2D eigenvalue weighted by atomic mass is 19.1. The summed E-state index contributed by atoms with van der Waals surface area (Å²) < 4.78 is 43.0. The van der Waals surface area contributed by atoms with Crippen LogP contribution >= 0.6 is 0 Å². The van der Waals surface area contributed by atoms with Crippen molar-refractivity contribution in [2.45, 2.75) is 171 Å². The van der Waals surface area contributed by atoms with Crippen molar-refractivity contribution in [3.05, 3.63) is 156 Å². The summed E-state index contributed by atoms with van der Waals surface area (Å²) in [6.45, 7) is 4.88. The molecule has 33 heteroatoms. The van der Waals surface area contributed by atoms with Crippen LogP contribution in [0.25, 0.3) is 10.9 Å². The third-order valence-corrected chi connectivity index (χ3v) is 22.1. The second-order valence-electron chi connectivity index (χ2n) is 31.9. The van der Waals surface area contributed by atoms with Gasteiger partial charge in [0.1, 0.15) is 60.1 Å². The third-order valence-electron chi connectivity index (χ3n) is 22.1. The van der Waals surface area contributed by atoms with Gasteiger partial charge in [-0.1, -0.05) is 65.9 Å². The molecule has 6 aliphatic heterocycles. The number of aliphatic hydroxyl groups is 1. The van der Waals surface area contributed by atoms with Crippen molar-refractivity contribution in [2.24, 2.45) is 11.8 Å². The number of nitrogens with one attached hydrogen (secondary N) is 8. The Balaban J connectivity index is 0.0000144. The molecule has 6 aromatic rings. The first-order valence-electron chi connectivity index (χ1n) is 39.7. The van der Waals surface area contributed by atoms with Gasteiger partial charge >= 0.3 is 0 Å². The minimum absolute atomic E-state index is 0. The highest BCUT2D eigenvalue weighted by molar-refractivity contribution is 6.00. The van der Waals surface area contributed by atoms with E-state index in [4.69, 9.17) is 18.9 Å². The predicted octanol–water partition coefficient (Wildman–Crippen LogP) is 1.96. The molecule has 0 aliphatic carbocycles. The maximum atomic E-state index is 16.3. The molecule has 32 nitrogen and oxygen atoms in total. The number of aliphatic hydroxyl groups excluding tert-OH is 1. The van der Waals surface area contributed by atoms with Gasteiger partial charge in [-0.25, -0.2) is 9.07 Å². The Morgan fingerprint density at radius 1 is 0.735 bits per heavy atom. The van der Waals surface area contributed by atoms with E-state index < -0.39 is 181 Å². The summed E-state index contributed by atoms with van der Waals surface area (Å²) in [6.07, 6.45) is -1.66. The number of ketones is 2. The average Bonchev–Trinajstić information content (AvgIpc) is 1.64. The summed E-state index contributed by atoms with van der Waals surface area (Å²) >= 11 is 0. The number of halogens is 1. The summed E-state index contributed by atoms with van der Waals surface area (Å²) in [4.78, 5) is 181. The summed E-state index contributed by atoms with van der Waals surface area (Å²) in [6, 6.07) is 16.5. The fourth-order valence-corrected chi connectivity index (χ4v) is 15.5. The van der Waals surface area contributed by atoms with E-state index in [1.54, 1.807) is 90.6 Å². The maximum Gasteiger partial charge on any atom is 0.246 e. The number of fused-ring (bicyclic) bond motifs is 16. The Labute approximate surface area is 679 Å². The molecule has 9 N–H and O–H groups in total. The van der Waals surface area contributed by atoms with E-state index >= 15 is 28.4 Å². The lowest BCUT2D eigenvalue weighted by atomic mass is 9.87. The molecule has 12 rings (SSSR count). The van der Waals surface area contributed by atoms with Crippen LogP contribution < -0.4 is 47.3 Å². The topological polar surface area (TPSA) is 400 Å². The fraction of sp³-hybridized carbons (Fsp3) is 0.512. The SMILES string of the molecule is COc1ccc(C[C@@H]2NC(=O)[C@H]([C@@H](C)O)CC(=O)[C@@H]3[C@@H]4CCN3C(=O)[C@H]3CC(=O)[C@H](Cc5cccc(c5)CNC(=O)CO4)NC(=O)[C@@H](C)NC(=O)[C@H](CNC(=O)CCOCCOCC[N+](C)(C)C)NC(=O)CCC(=O)N[C@H](Cn4cc(nn4)Cn4cc(c5cc(F)ccc54)C3)c3ccc(cc3)CCNC(=O)[C@]3(C)CCCN3C2=O)cc1.[CH3-]. The Morgan fingerprint density at radius 2 is 1.47 bits per heavy atom. The lowest BCUT2D eigenvalue weighted by Gasteiger charge is -2.37. The molecule has 10 amide bonds. The average molecular weight is 1620 g/mol. The summed E-state index contributed by atoms with van der Waals surface area (Å²) in [5.41, 5.74) is 2.79. The number of quaternary nitrogens is 1. The molecule has 630 valence electrons. The van der Waals surface area contributed by atoms with Gasteiger partial charge in [0.15, 0.2) is 11.6 Å². The molecule has 14 bridgehead atoms.